The Bertz CT molecular complexity index is 756. The number of nitrogens with zero attached hydrogens (tertiary/aromatic N) is 2. The number of anilines is 2. The van der Waals surface area contributed by atoms with Crippen molar-refractivity contribution in [2.75, 3.05) is 50.1 Å². The van der Waals surface area contributed by atoms with Crippen LogP contribution in [0.5, 0.6) is 5.75 Å². The molecule has 0 radical (unpaired) electrons. The molecule has 0 unspecified atom stereocenters. The molecule has 1 saturated heterocycles. The van der Waals surface area contributed by atoms with Gasteiger partial charge in [-0.2, -0.15) is 0 Å². The summed E-state index contributed by atoms with van der Waals surface area (Å²) in [5.74, 6) is 0.903. The largest absolute Gasteiger partial charge is 0.497 e. The Morgan fingerprint density at radius 1 is 1.12 bits per heavy atom. The summed E-state index contributed by atoms with van der Waals surface area (Å²) < 4.78 is 6.22. The molecule has 0 saturated carbocycles. The van der Waals surface area contributed by atoms with Crippen LogP contribution in [0, 0.1) is 6.92 Å². The standard InChI is InChI=1S/C20H24BrN3O2/c1-15-13-16(21)3-8-19(15)22-20(25)14-23-9-11-24(12-10-23)17-4-6-18(26-2)7-5-17/h3-8,13H,9-12,14H2,1-2H3,(H,22,25). The topological polar surface area (TPSA) is 44.8 Å². The monoisotopic (exact) mass is 417 g/mol. The van der Waals surface area contributed by atoms with Crippen LogP contribution in [-0.4, -0.2) is 50.6 Å². The van der Waals surface area contributed by atoms with Crippen LogP contribution in [0.15, 0.2) is 46.9 Å². The molecule has 0 aliphatic carbocycles. The first-order chi connectivity index (χ1) is 12.5. The van der Waals surface area contributed by atoms with Crippen LogP contribution in [0.25, 0.3) is 0 Å². The van der Waals surface area contributed by atoms with E-state index in [0.717, 1.165) is 47.7 Å². The summed E-state index contributed by atoms with van der Waals surface area (Å²) in [6.07, 6.45) is 0. The van der Waals surface area contributed by atoms with Crippen LogP contribution < -0.4 is 15.0 Å². The molecule has 2 aromatic carbocycles. The van der Waals surface area contributed by atoms with Crippen molar-refractivity contribution in [3.63, 3.8) is 0 Å². The number of aryl methyl sites for hydroxylation is 1. The van der Waals surface area contributed by atoms with E-state index in [4.69, 9.17) is 4.74 Å². The number of amides is 1. The van der Waals surface area contributed by atoms with E-state index in [1.54, 1.807) is 7.11 Å². The molecule has 26 heavy (non-hydrogen) atoms. The third-order valence-corrected chi connectivity index (χ3v) is 5.13. The lowest BCUT2D eigenvalue weighted by Crippen LogP contribution is -2.48. The highest BCUT2D eigenvalue weighted by molar-refractivity contribution is 9.10. The third-order valence-electron chi connectivity index (χ3n) is 4.64. The zero-order valence-corrected chi connectivity index (χ0v) is 16.8. The van der Waals surface area contributed by atoms with Gasteiger partial charge in [0, 0.05) is 42.0 Å². The van der Waals surface area contributed by atoms with Gasteiger partial charge in [0.1, 0.15) is 5.75 Å². The van der Waals surface area contributed by atoms with E-state index in [1.165, 1.54) is 5.69 Å². The van der Waals surface area contributed by atoms with Gasteiger partial charge in [-0.3, -0.25) is 9.69 Å². The maximum atomic E-state index is 12.3. The van der Waals surface area contributed by atoms with Gasteiger partial charge in [-0.1, -0.05) is 15.9 Å². The molecule has 1 fully saturated rings. The van der Waals surface area contributed by atoms with E-state index in [0.29, 0.717) is 6.54 Å². The zero-order chi connectivity index (χ0) is 18.5. The maximum Gasteiger partial charge on any atom is 0.238 e. The van der Waals surface area contributed by atoms with Gasteiger partial charge in [0.25, 0.3) is 0 Å². The number of nitrogens with one attached hydrogen (secondary N) is 1. The van der Waals surface area contributed by atoms with Crippen LogP contribution in [0.4, 0.5) is 11.4 Å². The number of rotatable bonds is 5. The Morgan fingerprint density at radius 3 is 2.42 bits per heavy atom. The summed E-state index contributed by atoms with van der Waals surface area (Å²) in [4.78, 5) is 16.9. The highest BCUT2D eigenvalue weighted by Crippen LogP contribution is 2.21. The van der Waals surface area contributed by atoms with E-state index >= 15 is 0 Å². The molecule has 0 aromatic heterocycles. The van der Waals surface area contributed by atoms with Crippen LogP contribution >= 0.6 is 15.9 Å². The van der Waals surface area contributed by atoms with Crippen LogP contribution in [0.1, 0.15) is 5.56 Å². The van der Waals surface area contributed by atoms with E-state index in [2.05, 4.69) is 43.2 Å². The molecule has 5 nitrogen and oxygen atoms in total. The molecule has 1 N–H and O–H groups in total. The lowest BCUT2D eigenvalue weighted by molar-refractivity contribution is -0.117. The van der Waals surface area contributed by atoms with E-state index in [1.807, 2.05) is 37.3 Å². The fourth-order valence-corrected chi connectivity index (χ4v) is 3.59. The van der Waals surface area contributed by atoms with Gasteiger partial charge in [0.15, 0.2) is 0 Å². The first kappa shape index (κ1) is 18.7. The van der Waals surface area contributed by atoms with E-state index in [-0.39, 0.29) is 5.91 Å². The number of carbonyl (C=O) groups excluding carboxylic acids is 1. The average Bonchev–Trinajstić information content (AvgIpc) is 2.65. The SMILES string of the molecule is COc1ccc(N2CCN(CC(=O)Nc3ccc(Br)cc3C)CC2)cc1. The number of carbonyl (C=O) groups is 1. The molecule has 0 spiro atoms. The fraction of sp³-hybridized carbons (Fsp3) is 0.350. The number of halogens is 1. The van der Waals surface area contributed by atoms with E-state index in [9.17, 15) is 4.79 Å². The number of methoxy groups -OCH3 is 1. The highest BCUT2D eigenvalue weighted by Gasteiger charge is 2.19. The molecule has 2 aromatic rings. The van der Waals surface area contributed by atoms with Crippen molar-refractivity contribution >= 4 is 33.2 Å². The van der Waals surface area contributed by atoms with Crippen molar-refractivity contribution in [1.82, 2.24) is 4.90 Å². The third kappa shape index (κ3) is 4.77. The predicted molar refractivity (Wildman–Crippen MR) is 109 cm³/mol. The Labute approximate surface area is 163 Å². The minimum atomic E-state index is 0.0355. The van der Waals surface area contributed by atoms with Crippen molar-refractivity contribution in [3.8, 4) is 5.75 Å². The molecule has 3 rings (SSSR count). The second kappa shape index (κ2) is 8.56. The second-order valence-corrected chi connectivity index (χ2v) is 7.38. The quantitative estimate of drug-likeness (QED) is 0.807. The number of hydrogen-bond acceptors (Lipinski definition) is 4. The summed E-state index contributed by atoms with van der Waals surface area (Å²) in [7, 11) is 1.68. The van der Waals surface area contributed by atoms with Crippen molar-refractivity contribution in [2.45, 2.75) is 6.92 Å². The molecule has 6 heteroatoms. The molecule has 1 heterocycles. The Hall–Kier alpha value is -2.05. The molecule has 1 aliphatic rings. The molecular formula is C20H24BrN3O2. The first-order valence-corrected chi connectivity index (χ1v) is 9.52. The van der Waals surface area contributed by atoms with Gasteiger partial charge < -0.3 is 15.0 Å². The fourth-order valence-electron chi connectivity index (χ4n) is 3.12. The smallest absolute Gasteiger partial charge is 0.238 e. The molecule has 0 bridgehead atoms. The average molecular weight is 418 g/mol. The van der Waals surface area contributed by atoms with Gasteiger partial charge in [-0.25, -0.2) is 0 Å². The maximum absolute atomic E-state index is 12.3. The Kier molecular flexibility index (Phi) is 6.16. The summed E-state index contributed by atoms with van der Waals surface area (Å²) in [5.41, 5.74) is 3.12. The molecule has 1 amide bonds. The second-order valence-electron chi connectivity index (χ2n) is 6.47. The summed E-state index contributed by atoms with van der Waals surface area (Å²) in [6, 6.07) is 14.0. The van der Waals surface area contributed by atoms with Crippen molar-refractivity contribution in [3.05, 3.63) is 52.5 Å². The van der Waals surface area contributed by atoms with Crippen molar-refractivity contribution < 1.29 is 9.53 Å². The van der Waals surface area contributed by atoms with Gasteiger partial charge >= 0.3 is 0 Å². The number of piperazine rings is 1. The van der Waals surface area contributed by atoms with Gasteiger partial charge in [-0.05, 0) is 55.0 Å². The molecule has 1 aliphatic heterocycles. The van der Waals surface area contributed by atoms with Crippen LogP contribution in [-0.2, 0) is 4.79 Å². The number of ether oxygens (including phenoxy) is 1. The molecule has 0 atom stereocenters. The van der Waals surface area contributed by atoms with Crippen LogP contribution in [0.3, 0.4) is 0 Å². The lowest BCUT2D eigenvalue weighted by atomic mass is 10.2. The lowest BCUT2D eigenvalue weighted by Gasteiger charge is -2.35. The highest BCUT2D eigenvalue weighted by atomic mass is 79.9. The molecular weight excluding hydrogens is 394 g/mol. The summed E-state index contributed by atoms with van der Waals surface area (Å²) in [5, 5.41) is 3.01. The van der Waals surface area contributed by atoms with Gasteiger partial charge in [0.05, 0.1) is 13.7 Å². The predicted octanol–water partition coefficient (Wildman–Crippen LogP) is 3.53. The first-order valence-electron chi connectivity index (χ1n) is 8.72. The number of hydrogen-bond donors (Lipinski definition) is 1. The van der Waals surface area contributed by atoms with Crippen molar-refractivity contribution in [1.29, 1.82) is 0 Å². The minimum absolute atomic E-state index is 0.0355. The normalized spacial score (nSPS) is 15.0. The minimum Gasteiger partial charge on any atom is -0.497 e. The van der Waals surface area contributed by atoms with Gasteiger partial charge in [-0.15, -0.1) is 0 Å². The van der Waals surface area contributed by atoms with Crippen LogP contribution in [0.2, 0.25) is 0 Å². The molecule has 138 valence electrons. The summed E-state index contributed by atoms with van der Waals surface area (Å²) >= 11 is 3.44. The van der Waals surface area contributed by atoms with E-state index < -0.39 is 0 Å². The Balaban J connectivity index is 1.49. The number of benzene rings is 2. The zero-order valence-electron chi connectivity index (χ0n) is 15.2. The van der Waals surface area contributed by atoms with Crippen molar-refractivity contribution in [2.24, 2.45) is 0 Å². The Morgan fingerprint density at radius 2 is 1.81 bits per heavy atom. The summed E-state index contributed by atoms with van der Waals surface area (Å²) in [6.45, 7) is 5.99. The van der Waals surface area contributed by atoms with Gasteiger partial charge in [0.2, 0.25) is 5.91 Å².